The minimum Gasteiger partial charge on any atom is -0.480 e. The van der Waals surface area contributed by atoms with E-state index in [2.05, 4.69) is 10.6 Å². The highest BCUT2D eigenvalue weighted by Gasteiger charge is 2.30. The van der Waals surface area contributed by atoms with Gasteiger partial charge in [-0.05, 0) is 40.7 Å². The van der Waals surface area contributed by atoms with Crippen LogP contribution in [0.25, 0.3) is 11.1 Å². The van der Waals surface area contributed by atoms with Gasteiger partial charge < -0.3 is 25.6 Å². The van der Waals surface area contributed by atoms with E-state index in [0.717, 1.165) is 22.3 Å². The Morgan fingerprint density at radius 2 is 1.58 bits per heavy atom. The van der Waals surface area contributed by atoms with E-state index >= 15 is 0 Å². The molecule has 3 rings (SSSR count). The predicted molar refractivity (Wildman–Crippen MR) is 126 cm³/mol. The van der Waals surface area contributed by atoms with Gasteiger partial charge in [-0.25, -0.2) is 9.59 Å². The zero-order valence-corrected chi connectivity index (χ0v) is 19.1. The van der Waals surface area contributed by atoms with Crippen molar-refractivity contribution < 1.29 is 29.3 Å². The van der Waals surface area contributed by atoms with Crippen LogP contribution in [0.3, 0.4) is 0 Å². The summed E-state index contributed by atoms with van der Waals surface area (Å²) in [7, 11) is 0. The normalized spacial score (nSPS) is 14.0. The minimum atomic E-state index is -1.25. The van der Waals surface area contributed by atoms with Crippen molar-refractivity contribution >= 4 is 29.7 Å². The molecule has 0 aliphatic heterocycles. The molecule has 2 aromatic rings. The topological polar surface area (TPSA) is 125 Å². The summed E-state index contributed by atoms with van der Waals surface area (Å²) in [6.45, 7) is -0.272. The average molecular weight is 473 g/mol. The molecule has 0 aromatic heterocycles. The lowest BCUT2D eigenvalue weighted by Gasteiger charge is -2.21. The lowest BCUT2D eigenvalue weighted by molar-refractivity contribution is -0.142. The summed E-state index contributed by atoms with van der Waals surface area (Å²) in [6.07, 6.45) is 1.31. The molecule has 8 nitrogen and oxygen atoms in total. The molecule has 0 fully saturated rings. The number of aliphatic hydroxyl groups is 1. The standard InChI is InChI=1S/C24H28N2O6S/c1-33-13-11-20(22(28)25-21(10-12-27)23(29)30)26-24(31)32-14-19-17-8-4-2-6-15(17)16-7-3-5-9-18(16)19/h2-9,19-21,27H,10-14H2,1H3,(H,25,28)(H,26,31)(H,29,30)/t20-,21-/m0/s1. The van der Waals surface area contributed by atoms with E-state index in [-0.39, 0.29) is 25.6 Å². The Balaban J connectivity index is 1.65. The van der Waals surface area contributed by atoms with Gasteiger partial charge in [-0.2, -0.15) is 11.8 Å². The van der Waals surface area contributed by atoms with Crippen molar-refractivity contribution in [2.24, 2.45) is 0 Å². The van der Waals surface area contributed by atoms with Gasteiger partial charge in [0.15, 0.2) is 0 Å². The fourth-order valence-electron chi connectivity index (χ4n) is 3.95. The largest absolute Gasteiger partial charge is 0.480 e. The fraction of sp³-hybridized carbons (Fsp3) is 0.375. The molecule has 0 heterocycles. The second-order valence-electron chi connectivity index (χ2n) is 7.72. The van der Waals surface area contributed by atoms with Crippen molar-refractivity contribution in [3.8, 4) is 11.1 Å². The molecule has 0 saturated carbocycles. The molecule has 9 heteroatoms. The molecular formula is C24H28N2O6S. The smallest absolute Gasteiger partial charge is 0.407 e. The van der Waals surface area contributed by atoms with E-state index < -0.39 is 30.1 Å². The van der Waals surface area contributed by atoms with Gasteiger partial charge in [-0.1, -0.05) is 48.5 Å². The number of nitrogens with one attached hydrogen (secondary N) is 2. The Labute approximate surface area is 196 Å². The van der Waals surface area contributed by atoms with Crippen LogP contribution in [0.4, 0.5) is 4.79 Å². The molecule has 33 heavy (non-hydrogen) atoms. The monoisotopic (exact) mass is 472 g/mol. The molecule has 0 saturated heterocycles. The fourth-order valence-corrected chi connectivity index (χ4v) is 4.42. The number of carbonyl (C=O) groups excluding carboxylic acids is 2. The van der Waals surface area contributed by atoms with Gasteiger partial charge >= 0.3 is 12.1 Å². The Bertz CT molecular complexity index is 953. The van der Waals surface area contributed by atoms with Crippen molar-refractivity contribution in [3.05, 3.63) is 59.7 Å². The number of carboxylic acids is 1. The van der Waals surface area contributed by atoms with Crippen LogP contribution in [-0.2, 0) is 14.3 Å². The van der Waals surface area contributed by atoms with Gasteiger partial charge in [0.25, 0.3) is 0 Å². The van der Waals surface area contributed by atoms with E-state index in [1.807, 2.05) is 54.8 Å². The van der Waals surface area contributed by atoms with Crippen LogP contribution in [0.1, 0.15) is 29.9 Å². The minimum absolute atomic E-state index is 0.109. The summed E-state index contributed by atoms with van der Waals surface area (Å²) in [4.78, 5) is 36.5. The third-order valence-electron chi connectivity index (χ3n) is 5.60. The number of aliphatic carboxylic acids is 1. The number of fused-ring (bicyclic) bond motifs is 3. The van der Waals surface area contributed by atoms with Crippen LogP contribution in [0.2, 0.25) is 0 Å². The van der Waals surface area contributed by atoms with Crippen LogP contribution in [-0.4, -0.2) is 65.5 Å². The number of hydrogen-bond acceptors (Lipinski definition) is 6. The first kappa shape index (κ1) is 24.6. The Hall–Kier alpha value is -3.04. The number of carboxylic acid groups (broad SMARTS) is 1. The molecule has 0 unspecified atom stereocenters. The second kappa shape index (κ2) is 11.7. The number of carbonyl (C=O) groups is 3. The van der Waals surface area contributed by atoms with Gasteiger partial charge in [0.1, 0.15) is 18.7 Å². The Morgan fingerprint density at radius 3 is 2.12 bits per heavy atom. The summed E-state index contributed by atoms with van der Waals surface area (Å²) < 4.78 is 5.51. The summed E-state index contributed by atoms with van der Waals surface area (Å²) >= 11 is 1.50. The maximum Gasteiger partial charge on any atom is 0.407 e. The second-order valence-corrected chi connectivity index (χ2v) is 8.70. The summed E-state index contributed by atoms with van der Waals surface area (Å²) in [6, 6.07) is 13.8. The molecule has 4 N–H and O–H groups in total. The van der Waals surface area contributed by atoms with Gasteiger partial charge in [-0.15, -0.1) is 0 Å². The lowest BCUT2D eigenvalue weighted by atomic mass is 9.98. The molecule has 176 valence electrons. The number of aliphatic hydroxyl groups excluding tert-OH is 1. The summed E-state index contributed by atoms with van der Waals surface area (Å²) in [5.74, 6) is -1.40. The highest BCUT2D eigenvalue weighted by Crippen LogP contribution is 2.44. The van der Waals surface area contributed by atoms with E-state index in [9.17, 15) is 19.5 Å². The van der Waals surface area contributed by atoms with Crippen LogP contribution in [0.15, 0.2) is 48.5 Å². The predicted octanol–water partition coefficient (Wildman–Crippen LogP) is 2.60. The van der Waals surface area contributed by atoms with Gasteiger partial charge in [0.2, 0.25) is 5.91 Å². The maximum absolute atomic E-state index is 12.6. The maximum atomic E-state index is 12.6. The summed E-state index contributed by atoms with van der Waals surface area (Å²) in [5.41, 5.74) is 4.39. The Kier molecular flexibility index (Phi) is 8.73. The van der Waals surface area contributed by atoms with E-state index in [1.165, 1.54) is 11.8 Å². The first-order chi connectivity index (χ1) is 16.0. The zero-order valence-electron chi connectivity index (χ0n) is 18.3. The number of amides is 2. The van der Waals surface area contributed by atoms with E-state index in [0.29, 0.717) is 12.2 Å². The SMILES string of the molecule is CSCC[C@H](NC(=O)OCC1c2ccccc2-c2ccccc21)C(=O)N[C@@H](CCO)C(=O)O. The van der Waals surface area contributed by atoms with Crippen LogP contribution >= 0.6 is 11.8 Å². The first-order valence-corrected chi connectivity index (χ1v) is 12.1. The van der Waals surface area contributed by atoms with Crippen molar-refractivity contribution in [1.29, 1.82) is 0 Å². The quantitative estimate of drug-likeness (QED) is 0.396. The van der Waals surface area contributed by atoms with Crippen LogP contribution in [0.5, 0.6) is 0 Å². The van der Waals surface area contributed by atoms with E-state index in [1.54, 1.807) is 0 Å². The molecule has 0 bridgehead atoms. The van der Waals surface area contributed by atoms with Crippen LogP contribution < -0.4 is 10.6 Å². The number of thioether (sulfide) groups is 1. The average Bonchev–Trinajstić information content (AvgIpc) is 3.13. The van der Waals surface area contributed by atoms with Crippen molar-refractivity contribution in [1.82, 2.24) is 10.6 Å². The van der Waals surface area contributed by atoms with Gasteiger partial charge in [0.05, 0.1) is 0 Å². The number of ether oxygens (including phenoxy) is 1. The molecular weight excluding hydrogens is 444 g/mol. The molecule has 0 spiro atoms. The molecule has 2 aromatic carbocycles. The molecule has 1 aliphatic carbocycles. The molecule has 1 aliphatic rings. The van der Waals surface area contributed by atoms with Gasteiger partial charge in [0, 0.05) is 18.9 Å². The number of hydrogen-bond donors (Lipinski definition) is 4. The first-order valence-electron chi connectivity index (χ1n) is 10.7. The Morgan fingerprint density at radius 1 is 0.970 bits per heavy atom. The lowest BCUT2D eigenvalue weighted by Crippen LogP contribution is -2.52. The zero-order chi connectivity index (χ0) is 23.8. The molecule has 0 radical (unpaired) electrons. The number of alkyl carbamates (subject to hydrolysis) is 1. The van der Waals surface area contributed by atoms with Crippen molar-refractivity contribution in [2.75, 3.05) is 25.2 Å². The van der Waals surface area contributed by atoms with E-state index in [4.69, 9.17) is 9.84 Å². The van der Waals surface area contributed by atoms with Crippen molar-refractivity contribution in [3.63, 3.8) is 0 Å². The third kappa shape index (κ3) is 6.06. The third-order valence-corrected chi connectivity index (χ3v) is 6.24. The highest BCUT2D eigenvalue weighted by atomic mass is 32.2. The molecule has 2 amide bonds. The van der Waals surface area contributed by atoms with Gasteiger partial charge in [-0.3, -0.25) is 4.79 Å². The number of benzene rings is 2. The van der Waals surface area contributed by atoms with Crippen LogP contribution in [0, 0.1) is 0 Å². The summed E-state index contributed by atoms with van der Waals surface area (Å²) in [5, 5.41) is 23.2. The van der Waals surface area contributed by atoms with Crippen molar-refractivity contribution in [2.45, 2.75) is 30.8 Å². The molecule has 2 atom stereocenters. The highest BCUT2D eigenvalue weighted by molar-refractivity contribution is 7.98. The number of rotatable bonds is 11.